The van der Waals surface area contributed by atoms with Crippen molar-refractivity contribution < 1.29 is 28.6 Å². The van der Waals surface area contributed by atoms with Crippen molar-refractivity contribution in [3.63, 3.8) is 0 Å². The van der Waals surface area contributed by atoms with Gasteiger partial charge in [0.25, 0.3) is 0 Å². The van der Waals surface area contributed by atoms with Crippen LogP contribution in [0.15, 0.2) is 24.3 Å². The summed E-state index contributed by atoms with van der Waals surface area (Å²) in [4.78, 5) is 38.0. The van der Waals surface area contributed by atoms with Crippen molar-refractivity contribution in [2.24, 2.45) is 0 Å². The summed E-state index contributed by atoms with van der Waals surface area (Å²) in [7, 11) is 0. The molecule has 0 fully saturated rings. The number of carbonyl (C=O) groups is 3. The standard InChI is InChI=1S/C68H128O6/c1-4-7-10-13-16-18-20-22-24-26-28-30-32-34-36-38-40-42-44-46-48-50-52-55-58-61-67(70)73-64-65(63-72-66(69)60-57-54-15-12-9-6-3)74-68(71)62-59-56-53-51-49-47-45-43-41-39-37-35-33-31-29-27-25-23-21-19-17-14-11-8-5-2/h26-29,65H,4-25,30-64H2,1-3H3/b28-26-,29-27-. The highest BCUT2D eigenvalue weighted by atomic mass is 16.6. The van der Waals surface area contributed by atoms with Crippen molar-refractivity contribution >= 4 is 17.9 Å². The monoisotopic (exact) mass is 1040 g/mol. The summed E-state index contributed by atoms with van der Waals surface area (Å²) in [6, 6.07) is 0. The lowest BCUT2D eigenvalue weighted by Gasteiger charge is -2.18. The van der Waals surface area contributed by atoms with Crippen LogP contribution in [0, 0.1) is 0 Å². The Bertz CT molecular complexity index is 1190. The van der Waals surface area contributed by atoms with Crippen molar-refractivity contribution in [2.75, 3.05) is 13.2 Å². The van der Waals surface area contributed by atoms with E-state index in [1.54, 1.807) is 0 Å². The van der Waals surface area contributed by atoms with E-state index < -0.39 is 6.10 Å². The van der Waals surface area contributed by atoms with Gasteiger partial charge in [0, 0.05) is 19.3 Å². The quantitative estimate of drug-likeness (QED) is 0.0261. The first-order valence-corrected chi connectivity index (χ1v) is 33.3. The molecule has 0 spiro atoms. The lowest BCUT2D eigenvalue weighted by atomic mass is 10.0. The van der Waals surface area contributed by atoms with Crippen LogP contribution >= 0.6 is 0 Å². The largest absolute Gasteiger partial charge is 0.462 e. The van der Waals surface area contributed by atoms with Gasteiger partial charge in [-0.25, -0.2) is 0 Å². The van der Waals surface area contributed by atoms with E-state index >= 15 is 0 Å². The minimum absolute atomic E-state index is 0.0667. The maximum absolute atomic E-state index is 12.9. The van der Waals surface area contributed by atoms with E-state index in [0.717, 1.165) is 57.8 Å². The summed E-state index contributed by atoms with van der Waals surface area (Å²) < 4.78 is 16.8. The third kappa shape index (κ3) is 60.8. The number of unbranched alkanes of at least 4 members (excludes halogenated alkanes) is 47. The van der Waals surface area contributed by atoms with Gasteiger partial charge in [-0.05, 0) is 70.6 Å². The number of esters is 3. The Morgan fingerprint density at radius 1 is 0.257 bits per heavy atom. The van der Waals surface area contributed by atoms with E-state index in [4.69, 9.17) is 14.2 Å². The molecule has 0 saturated carbocycles. The van der Waals surface area contributed by atoms with E-state index in [9.17, 15) is 14.4 Å². The van der Waals surface area contributed by atoms with Crippen LogP contribution in [0.1, 0.15) is 374 Å². The van der Waals surface area contributed by atoms with Crippen molar-refractivity contribution in [3.05, 3.63) is 24.3 Å². The first-order chi connectivity index (χ1) is 36.5. The third-order valence-corrected chi connectivity index (χ3v) is 15.2. The second-order valence-electron chi connectivity index (χ2n) is 22.7. The van der Waals surface area contributed by atoms with Crippen molar-refractivity contribution in [2.45, 2.75) is 380 Å². The molecule has 0 aliphatic heterocycles. The number of carbonyl (C=O) groups excluding carboxylic acids is 3. The minimum atomic E-state index is -0.766. The molecular weight excluding hydrogens is 913 g/mol. The Balaban J connectivity index is 4.02. The molecule has 0 aliphatic carbocycles. The van der Waals surface area contributed by atoms with E-state index in [1.165, 1.54) is 276 Å². The van der Waals surface area contributed by atoms with E-state index in [1.807, 2.05) is 0 Å². The van der Waals surface area contributed by atoms with Gasteiger partial charge in [0.05, 0.1) is 0 Å². The minimum Gasteiger partial charge on any atom is -0.462 e. The van der Waals surface area contributed by atoms with Crippen LogP contribution in [0.2, 0.25) is 0 Å². The first kappa shape index (κ1) is 71.9. The Kier molecular flexibility index (Phi) is 61.6. The van der Waals surface area contributed by atoms with E-state index in [2.05, 4.69) is 45.1 Å². The van der Waals surface area contributed by atoms with Crippen LogP contribution in [0.5, 0.6) is 0 Å². The van der Waals surface area contributed by atoms with Crippen molar-refractivity contribution in [1.29, 1.82) is 0 Å². The number of hydrogen-bond donors (Lipinski definition) is 0. The third-order valence-electron chi connectivity index (χ3n) is 15.2. The van der Waals surface area contributed by atoms with Gasteiger partial charge in [-0.3, -0.25) is 14.4 Å². The Hall–Kier alpha value is -2.11. The fourth-order valence-electron chi connectivity index (χ4n) is 10.1. The van der Waals surface area contributed by atoms with E-state index in [-0.39, 0.29) is 31.1 Å². The number of hydrogen-bond acceptors (Lipinski definition) is 6. The van der Waals surface area contributed by atoms with Gasteiger partial charge < -0.3 is 14.2 Å². The summed E-state index contributed by atoms with van der Waals surface area (Å²) in [5.41, 5.74) is 0. The van der Waals surface area contributed by atoms with Gasteiger partial charge in [0.15, 0.2) is 6.10 Å². The van der Waals surface area contributed by atoms with Crippen LogP contribution in [0.3, 0.4) is 0 Å². The van der Waals surface area contributed by atoms with Crippen LogP contribution < -0.4 is 0 Å². The molecule has 0 N–H and O–H groups in total. The molecule has 0 amide bonds. The number of rotatable bonds is 62. The molecule has 0 aromatic heterocycles. The van der Waals surface area contributed by atoms with Crippen molar-refractivity contribution in [1.82, 2.24) is 0 Å². The average molecular weight is 1040 g/mol. The predicted octanol–water partition coefficient (Wildman–Crippen LogP) is 22.6. The fourth-order valence-corrected chi connectivity index (χ4v) is 10.1. The Labute approximate surface area is 462 Å². The van der Waals surface area contributed by atoms with Gasteiger partial charge in [0.1, 0.15) is 13.2 Å². The average Bonchev–Trinajstić information content (AvgIpc) is 3.40. The van der Waals surface area contributed by atoms with Crippen LogP contribution in [-0.2, 0) is 28.6 Å². The van der Waals surface area contributed by atoms with Crippen LogP contribution in [0.4, 0.5) is 0 Å². The highest BCUT2D eigenvalue weighted by Crippen LogP contribution is 2.18. The van der Waals surface area contributed by atoms with Gasteiger partial charge >= 0.3 is 17.9 Å². The zero-order valence-electron chi connectivity index (χ0n) is 50.1. The molecular formula is C68H128O6. The molecule has 0 rings (SSSR count). The molecule has 6 heteroatoms. The first-order valence-electron chi connectivity index (χ1n) is 33.3. The molecule has 0 aromatic carbocycles. The summed E-state index contributed by atoms with van der Waals surface area (Å²) in [5, 5.41) is 0. The molecule has 1 unspecified atom stereocenters. The second-order valence-corrected chi connectivity index (χ2v) is 22.7. The maximum Gasteiger partial charge on any atom is 0.306 e. The maximum atomic E-state index is 12.9. The topological polar surface area (TPSA) is 78.9 Å². The molecule has 0 saturated heterocycles. The summed E-state index contributed by atoms with van der Waals surface area (Å²) in [6.07, 6.45) is 76.7. The molecule has 436 valence electrons. The number of allylic oxidation sites excluding steroid dienone is 4. The molecule has 0 bridgehead atoms. The molecule has 74 heavy (non-hydrogen) atoms. The van der Waals surface area contributed by atoms with Gasteiger partial charge in [-0.1, -0.05) is 308 Å². The normalized spacial score (nSPS) is 12.1. The highest BCUT2D eigenvalue weighted by molar-refractivity contribution is 5.71. The number of ether oxygens (including phenoxy) is 3. The Morgan fingerprint density at radius 3 is 0.676 bits per heavy atom. The molecule has 0 aliphatic rings. The van der Waals surface area contributed by atoms with Crippen molar-refractivity contribution in [3.8, 4) is 0 Å². The van der Waals surface area contributed by atoms with Gasteiger partial charge in [-0.2, -0.15) is 0 Å². The SMILES string of the molecule is CCCCCCCCCC/C=C\CCCCCCCCCCCCCCCC(=O)OCC(COC(=O)CCCCCCCC)OC(=O)CCCCCCCCCCCCCCC/C=C\CCCCCCCCCC. The molecule has 0 radical (unpaired) electrons. The zero-order valence-corrected chi connectivity index (χ0v) is 50.1. The smallest absolute Gasteiger partial charge is 0.306 e. The summed E-state index contributed by atoms with van der Waals surface area (Å²) in [5.74, 6) is -0.853. The molecule has 0 aromatic rings. The van der Waals surface area contributed by atoms with Gasteiger partial charge in [0.2, 0.25) is 0 Å². The van der Waals surface area contributed by atoms with Crippen LogP contribution in [0.25, 0.3) is 0 Å². The second kappa shape index (κ2) is 63.4. The van der Waals surface area contributed by atoms with Crippen LogP contribution in [-0.4, -0.2) is 37.2 Å². The summed E-state index contributed by atoms with van der Waals surface area (Å²) >= 11 is 0. The predicted molar refractivity (Wildman–Crippen MR) is 321 cm³/mol. The summed E-state index contributed by atoms with van der Waals surface area (Å²) in [6.45, 7) is 6.64. The molecule has 6 nitrogen and oxygen atoms in total. The molecule has 1 atom stereocenters. The molecule has 0 heterocycles. The fraction of sp³-hybridized carbons (Fsp3) is 0.897. The lowest BCUT2D eigenvalue weighted by molar-refractivity contribution is -0.167. The van der Waals surface area contributed by atoms with E-state index in [0.29, 0.717) is 19.3 Å². The highest BCUT2D eigenvalue weighted by Gasteiger charge is 2.19. The lowest BCUT2D eigenvalue weighted by Crippen LogP contribution is -2.30. The zero-order chi connectivity index (χ0) is 53.6. The Morgan fingerprint density at radius 2 is 0.446 bits per heavy atom. The van der Waals surface area contributed by atoms with Gasteiger partial charge in [-0.15, -0.1) is 0 Å².